The van der Waals surface area contributed by atoms with Gasteiger partial charge in [0.25, 0.3) is 0 Å². The first-order valence-electron chi connectivity index (χ1n) is 8.06. The number of nitrogens with one attached hydrogen (secondary N) is 2. The van der Waals surface area contributed by atoms with E-state index in [1.54, 1.807) is 24.3 Å². The molecule has 0 aromatic heterocycles. The molecule has 0 radical (unpaired) electrons. The summed E-state index contributed by atoms with van der Waals surface area (Å²) in [6.07, 6.45) is 2.32. The van der Waals surface area contributed by atoms with Crippen molar-refractivity contribution in [3.05, 3.63) is 42.0 Å². The van der Waals surface area contributed by atoms with E-state index in [4.69, 9.17) is 9.47 Å². The number of carbonyl (C=O) groups is 2. The molecule has 1 saturated heterocycles. The van der Waals surface area contributed by atoms with Crippen molar-refractivity contribution >= 4 is 17.5 Å². The minimum absolute atomic E-state index is 0.238. The Morgan fingerprint density at radius 3 is 2.71 bits per heavy atom. The Morgan fingerprint density at radius 2 is 2.00 bits per heavy atom. The molecule has 1 aromatic carbocycles. The van der Waals surface area contributed by atoms with Crippen LogP contribution in [0.5, 0.6) is 0 Å². The van der Waals surface area contributed by atoms with Gasteiger partial charge in [-0.15, -0.1) is 0 Å². The predicted octanol–water partition coefficient (Wildman–Crippen LogP) is 1.88. The number of allylic oxidation sites excluding steroid dienone is 1. The van der Waals surface area contributed by atoms with E-state index in [0.717, 1.165) is 5.57 Å². The summed E-state index contributed by atoms with van der Waals surface area (Å²) in [6, 6.07) is 8.64. The van der Waals surface area contributed by atoms with Crippen LogP contribution < -0.4 is 10.6 Å². The van der Waals surface area contributed by atoms with Crippen LogP contribution in [-0.2, 0) is 19.1 Å². The van der Waals surface area contributed by atoms with Crippen molar-refractivity contribution in [1.29, 1.82) is 0 Å². The smallest absolute Gasteiger partial charge is 0.313 e. The lowest BCUT2D eigenvalue weighted by molar-refractivity contribution is -0.138. The number of carbonyl (C=O) groups excluding carboxylic acids is 2. The lowest BCUT2D eigenvalue weighted by Gasteiger charge is -2.31. The zero-order valence-corrected chi connectivity index (χ0v) is 14.1. The fourth-order valence-electron chi connectivity index (χ4n) is 2.32. The van der Waals surface area contributed by atoms with Gasteiger partial charge in [-0.1, -0.05) is 29.8 Å². The van der Waals surface area contributed by atoms with Gasteiger partial charge < -0.3 is 20.1 Å². The first-order valence-corrected chi connectivity index (χ1v) is 8.06. The van der Waals surface area contributed by atoms with Crippen LogP contribution in [0.3, 0.4) is 0 Å². The second kappa shape index (κ2) is 9.20. The van der Waals surface area contributed by atoms with Gasteiger partial charge in [0.2, 0.25) is 0 Å². The highest BCUT2D eigenvalue weighted by molar-refractivity contribution is 6.39. The summed E-state index contributed by atoms with van der Waals surface area (Å²) in [5.74, 6) is -1.35. The summed E-state index contributed by atoms with van der Waals surface area (Å²) in [5, 5.41) is 5.32. The Morgan fingerprint density at radius 1 is 1.25 bits per heavy atom. The average molecular weight is 332 g/mol. The number of para-hydroxylation sites is 1. The molecule has 0 aliphatic carbocycles. The van der Waals surface area contributed by atoms with Gasteiger partial charge in [-0.2, -0.15) is 0 Å². The molecule has 6 heteroatoms. The predicted molar refractivity (Wildman–Crippen MR) is 91.6 cm³/mol. The Bertz CT molecular complexity index is 582. The molecule has 2 atom stereocenters. The van der Waals surface area contributed by atoms with Gasteiger partial charge in [-0.05, 0) is 32.4 Å². The summed E-state index contributed by atoms with van der Waals surface area (Å²) < 4.78 is 11.2. The van der Waals surface area contributed by atoms with Crippen LogP contribution in [0.25, 0.3) is 0 Å². The molecule has 0 saturated carbocycles. The normalized spacial score (nSPS) is 20.1. The highest BCUT2D eigenvalue weighted by Gasteiger charge is 2.29. The molecule has 0 spiro atoms. The number of benzene rings is 1. The summed E-state index contributed by atoms with van der Waals surface area (Å²) in [7, 11) is 0. The van der Waals surface area contributed by atoms with Crippen LogP contribution in [0.4, 0.5) is 5.69 Å². The Kier molecular flexibility index (Phi) is 6.96. The molecule has 1 heterocycles. The Balaban J connectivity index is 1.87. The SMILES string of the molecule is CC(C)=CCO[C@@H]1COCC[C@H]1NC(=O)C(=O)Nc1ccccc1. The molecular formula is C18H24N2O4. The number of amides is 2. The Hall–Kier alpha value is -2.18. The first kappa shape index (κ1) is 18.2. The van der Waals surface area contributed by atoms with Gasteiger partial charge in [-0.25, -0.2) is 0 Å². The number of hydrogen-bond acceptors (Lipinski definition) is 4. The maximum absolute atomic E-state index is 12.1. The van der Waals surface area contributed by atoms with E-state index in [9.17, 15) is 9.59 Å². The van der Waals surface area contributed by atoms with Crippen LogP contribution in [0, 0.1) is 0 Å². The standard InChI is InChI=1S/C18H24N2O4/c1-13(2)8-11-24-16-12-23-10-9-15(16)20-18(22)17(21)19-14-6-4-3-5-7-14/h3-8,15-16H,9-12H2,1-2H3,(H,19,21)(H,20,22)/t15-,16-/m1/s1. The van der Waals surface area contributed by atoms with Gasteiger partial charge in [0, 0.05) is 12.3 Å². The zero-order chi connectivity index (χ0) is 17.4. The topological polar surface area (TPSA) is 76.7 Å². The van der Waals surface area contributed by atoms with Crippen LogP contribution in [0.15, 0.2) is 42.0 Å². The van der Waals surface area contributed by atoms with E-state index in [-0.39, 0.29) is 12.1 Å². The monoisotopic (exact) mass is 332 g/mol. The van der Waals surface area contributed by atoms with E-state index < -0.39 is 11.8 Å². The number of anilines is 1. The second-order valence-corrected chi connectivity index (χ2v) is 5.92. The molecular weight excluding hydrogens is 308 g/mol. The summed E-state index contributed by atoms with van der Waals surface area (Å²) >= 11 is 0. The fourth-order valence-corrected chi connectivity index (χ4v) is 2.32. The number of hydrogen-bond donors (Lipinski definition) is 2. The molecule has 1 aliphatic heterocycles. The molecule has 1 aromatic rings. The molecule has 1 fully saturated rings. The quantitative estimate of drug-likeness (QED) is 0.638. The number of rotatable bonds is 5. The minimum atomic E-state index is -0.684. The maximum atomic E-state index is 12.1. The van der Waals surface area contributed by atoms with E-state index in [2.05, 4.69) is 10.6 Å². The van der Waals surface area contributed by atoms with Gasteiger partial charge in [0.1, 0.15) is 6.10 Å². The fraction of sp³-hybridized carbons (Fsp3) is 0.444. The Labute approximate surface area is 142 Å². The molecule has 2 N–H and O–H groups in total. The van der Waals surface area contributed by atoms with Crippen molar-refractivity contribution in [2.45, 2.75) is 32.4 Å². The van der Waals surface area contributed by atoms with Gasteiger partial charge in [0.15, 0.2) is 0 Å². The van der Waals surface area contributed by atoms with Crippen molar-refractivity contribution < 1.29 is 19.1 Å². The second-order valence-electron chi connectivity index (χ2n) is 5.92. The molecule has 0 unspecified atom stereocenters. The van der Waals surface area contributed by atoms with Crippen LogP contribution in [0.1, 0.15) is 20.3 Å². The minimum Gasteiger partial charge on any atom is -0.379 e. The van der Waals surface area contributed by atoms with Crippen molar-refractivity contribution in [3.8, 4) is 0 Å². The van der Waals surface area contributed by atoms with Crippen molar-refractivity contribution in [2.75, 3.05) is 25.1 Å². The lowest BCUT2D eigenvalue weighted by atomic mass is 10.1. The van der Waals surface area contributed by atoms with E-state index in [1.807, 2.05) is 26.0 Å². The first-order chi connectivity index (χ1) is 11.6. The van der Waals surface area contributed by atoms with Crippen molar-refractivity contribution in [1.82, 2.24) is 5.32 Å². The maximum Gasteiger partial charge on any atom is 0.313 e. The largest absolute Gasteiger partial charge is 0.379 e. The third-order valence-electron chi connectivity index (χ3n) is 3.66. The van der Waals surface area contributed by atoms with Crippen LogP contribution >= 0.6 is 0 Å². The highest BCUT2D eigenvalue weighted by atomic mass is 16.5. The summed E-state index contributed by atoms with van der Waals surface area (Å²) in [5.41, 5.74) is 1.75. The van der Waals surface area contributed by atoms with Crippen molar-refractivity contribution in [2.24, 2.45) is 0 Å². The van der Waals surface area contributed by atoms with E-state index in [1.165, 1.54) is 0 Å². The molecule has 2 rings (SSSR count). The third-order valence-corrected chi connectivity index (χ3v) is 3.66. The summed E-state index contributed by atoms with van der Waals surface area (Å²) in [4.78, 5) is 24.1. The van der Waals surface area contributed by atoms with E-state index in [0.29, 0.717) is 31.9 Å². The zero-order valence-electron chi connectivity index (χ0n) is 14.1. The summed E-state index contributed by atoms with van der Waals surface area (Å²) in [6.45, 7) is 5.39. The molecule has 24 heavy (non-hydrogen) atoms. The molecule has 130 valence electrons. The highest BCUT2D eigenvalue weighted by Crippen LogP contribution is 2.12. The van der Waals surface area contributed by atoms with Gasteiger partial charge in [0.05, 0.1) is 19.3 Å². The van der Waals surface area contributed by atoms with Crippen LogP contribution in [-0.4, -0.2) is 43.8 Å². The number of ether oxygens (including phenoxy) is 2. The van der Waals surface area contributed by atoms with E-state index >= 15 is 0 Å². The average Bonchev–Trinajstić information content (AvgIpc) is 2.57. The van der Waals surface area contributed by atoms with Gasteiger partial charge >= 0.3 is 11.8 Å². The molecule has 2 amide bonds. The van der Waals surface area contributed by atoms with Crippen LogP contribution in [0.2, 0.25) is 0 Å². The molecule has 1 aliphatic rings. The lowest BCUT2D eigenvalue weighted by Crippen LogP contribution is -2.52. The van der Waals surface area contributed by atoms with Crippen molar-refractivity contribution in [3.63, 3.8) is 0 Å². The van der Waals surface area contributed by atoms with Gasteiger partial charge in [-0.3, -0.25) is 9.59 Å². The molecule has 0 bridgehead atoms. The third kappa shape index (κ3) is 5.79. The molecule has 6 nitrogen and oxygen atoms in total.